The van der Waals surface area contributed by atoms with Crippen molar-refractivity contribution < 1.29 is 39.8 Å². The van der Waals surface area contributed by atoms with E-state index in [1.807, 2.05) is 0 Å². The number of benzene rings is 1. The number of carboxylic acid groups (broad SMARTS) is 1. The average Bonchev–Trinajstić information content (AvgIpc) is 2.55. The Morgan fingerprint density at radius 1 is 1.13 bits per heavy atom. The summed E-state index contributed by atoms with van der Waals surface area (Å²) in [5.41, 5.74) is 0.518. The minimum Gasteiger partial charge on any atom is -0.481 e. The molecule has 0 bridgehead atoms. The van der Waals surface area contributed by atoms with Crippen LogP contribution in [-0.4, -0.2) is 75.4 Å². The van der Waals surface area contributed by atoms with E-state index in [0.717, 1.165) is 0 Å². The second-order valence-corrected chi connectivity index (χ2v) is 5.33. The zero-order valence-electron chi connectivity index (χ0n) is 12.2. The molecule has 0 saturated carbocycles. The van der Waals surface area contributed by atoms with Gasteiger partial charge in [-0.3, -0.25) is 4.79 Å². The summed E-state index contributed by atoms with van der Waals surface area (Å²) in [6.07, 6.45) is -7.06. The Morgan fingerprint density at radius 3 is 2.35 bits per heavy atom. The van der Waals surface area contributed by atoms with Gasteiger partial charge in [0.15, 0.2) is 6.29 Å². The fraction of sp³-hybridized carbons (Fsp3) is 0.533. The molecular formula is C15H20O8. The first-order valence-electron chi connectivity index (χ1n) is 7.15. The van der Waals surface area contributed by atoms with Gasteiger partial charge in [0, 0.05) is 0 Å². The van der Waals surface area contributed by atoms with Gasteiger partial charge in [-0.05, 0) is 5.56 Å². The lowest BCUT2D eigenvalue weighted by Gasteiger charge is -2.39. The number of ether oxygens (including phenoxy) is 2. The van der Waals surface area contributed by atoms with Crippen LogP contribution in [0.2, 0.25) is 0 Å². The van der Waals surface area contributed by atoms with E-state index in [-0.39, 0.29) is 6.61 Å². The maximum absolute atomic E-state index is 11.4. The zero-order valence-corrected chi connectivity index (χ0v) is 12.2. The molecule has 5 N–H and O–H groups in total. The third-order valence-electron chi connectivity index (χ3n) is 3.78. The van der Waals surface area contributed by atoms with Gasteiger partial charge >= 0.3 is 5.97 Å². The van der Waals surface area contributed by atoms with Crippen molar-refractivity contribution in [3.63, 3.8) is 0 Å². The van der Waals surface area contributed by atoms with E-state index in [0.29, 0.717) is 5.56 Å². The molecule has 1 saturated heterocycles. The van der Waals surface area contributed by atoms with Crippen LogP contribution in [0, 0.1) is 0 Å². The molecule has 1 aliphatic rings. The van der Waals surface area contributed by atoms with Gasteiger partial charge in [0.25, 0.3) is 0 Å². The molecule has 8 nitrogen and oxygen atoms in total. The Balaban J connectivity index is 2.04. The van der Waals surface area contributed by atoms with Crippen molar-refractivity contribution in [1.82, 2.24) is 0 Å². The molecule has 0 aliphatic carbocycles. The van der Waals surface area contributed by atoms with E-state index >= 15 is 0 Å². The fourth-order valence-electron chi connectivity index (χ4n) is 2.39. The Hall–Kier alpha value is -1.55. The van der Waals surface area contributed by atoms with Crippen molar-refractivity contribution in [2.45, 2.75) is 36.6 Å². The topological polar surface area (TPSA) is 137 Å². The van der Waals surface area contributed by atoms with Crippen molar-refractivity contribution in [2.75, 3.05) is 13.2 Å². The smallest absolute Gasteiger partial charge is 0.313 e. The average molecular weight is 328 g/mol. The minimum atomic E-state index is -1.56. The van der Waals surface area contributed by atoms with Crippen LogP contribution in [0.25, 0.3) is 0 Å². The van der Waals surface area contributed by atoms with Crippen LogP contribution in [0.4, 0.5) is 0 Å². The quantitative estimate of drug-likeness (QED) is 0.433. The normalized spacial score (nSPS) is 32.4. The van der Waals surface area contributed by atoms with E-state index in [9.17, 15) is 25.2 Å². The van der Waals surface area contributed by atoms with Crippen LogP contribution >= 0.6 is 0 Å². The summed E-state index contributed by atoms with van der Waals surface area (Å²) in [6.45, 7) is -0.881. The van der Waals surface area contributed by atoms with Gasteiger partial charge < -0.3 is 35.0 Å². The lowest BCUT2D eigenvalue weighted by molar-refractivity contribution is -0.301. The van der Waals surface area contributed by atoms with Crippen LogP contribution in [0.15, 0.2) is 30.3 Å². The maximum Gasteiger partial charge on any atom is 0.313 e. The Kier molecular flexibility index (Phi) is 6.05. The van der Waals surface area contributed by atoms with Crippen LogP contribution in [0.3, 0.4) is 0 Å². The molecule has 2 rings (SSSR count). The van der Waals surface area contributed by atoms with Crippen LogP contribution < -0.4 is 0 Å². The van der Waals surface area contributed by atoms with Crippen LogP contribution in [0.1, 0.15) is 11.5 Å². The SMILES string of the molecule is O=C(O)[C@H](CO[C@H]1O[C@@H](CO)[C@H](O)[C@@H](O)[C@@H]1O)c1ccccc1. The highest BCUT2D eigenvalue weighted by molar-refractivity contribution is 5.76. The lowest BCUT2D eigenvalue weighted by atomic mass is 9.98. The lowest BCUT2D eigenvalue weighted by Crippen LogP contribution is -2.59. The number of aliphatic carboxylic acids is 1. The van der Waals surface area contributed by atoms with Gasteiger partial charge in [-0.15, -0.1) is 0 Å². The summed E-state index contributed by atoms with van der Waals surface area (Å²) < 4.78 is 10.5. The molecule has 0 unspecified atom stereocenters. The number of carbonyl (C=O) groups is 1. The number of carboxylic acids is 1. The third-order valence-corrected chi connectivity index (χ3v) is 3.78. The molecule has 1 aromatic rings. The van der Waals surface area contributed by atoms with Crippen molar-refractivity contribution in [2.24, 2.45) is 0 Å². The minimum absolute atomic E-state index is 0.304. The van der Waals surface area contributed by atoms with E-state index in [2.05, 4.69) is 0 Å². The van der Waals surface area contributed by atoms with Gasteiger partial charge in [0.05, 0.1) is 13.2 Å². The number of rotatable bonds is 6. The number of aliphatic hydroxyl groups excluding tert-OH is 4. The first kappa shape index (κ1) is 17.8. The molecule has 0 amide bonds. The Labute approximate surface area is 132 Å². The molecule has 6 atom stereocenters. The predicted molar refractivity (Wildman–Crippen MR) is 76.5 cm³/mol. The second-order valence-electron chi connectivity index (χ2n) is 5.33. The van der Waals surface area contributed by atoms with E-state index in [1.54, 1.807) is 30.3 Å². The highest BCUT2D eigenvalue weighted by atomic mass is 16.7. The molecule has 1 heterocycles. The molecule has 0 radical (unpaired) electrons. The van der Waals surface area contributed by atoms with Gasteiger partial charge in [-0.25, -0.2) is 0 Å². The molecule has 1 aromatic carbocycles. The van der Waals surface area contributed by atoms with Gasteiger partial charge in [-0.2, -0.15) is 0 Å². The van der Waals surface area contributed by atoms with Gasteiger partial charge in [0.2, 0.25) is 0 Å². The highest BCUT2D eigenvalue weighted by Gasteiger charge is 2.44. The number of aliphatic hydroxyl groups is 4. The van der Waals surface area contributed by atoms with E-state index in [4.69, 9.17) is 14.6 Å². The summed E-state index contributed by atoms with van der Waals surface area (Å²) in [5.74, 6) is -2.09. The van der Waals surface area contributed by atoms with Crippen LogP contribution in [-0.2, 0) is 14.3 Å². The monoisotopic (exact) mass is 328 g/mol. The molecule has 0 aromatic heterocycles. The molecule has 8 heteroatoms. The molecular weight excluding hydrogens is 308 g/mol. The highest BCUT2D eigenvalue weighted by Crippen LogP contribution is 2.24. The van der Waals surface area contributed by atoms with Crippen molar-refractivity contribution in [3.8, 4) is 0 Å². The summed E-state index contributed by atoms with van der Waals surface area (Å²) in [4.78, 5) is 11.4. The van der Waals surface area contributed by atoms with E-state index < -0.39 is 49.2 Å². The molecule has 0 spiro atoms. The molecule has 1 fully saturated rings. The van der Waals surface area contributed by atoms with Crippen molar-refractivity contribution in [1.29, 1.82) is 0 Å². The first-order chi connectivity index (χ1) is 11.0. The standard InChI is InChI=1S/C15H20O8/c16-6-10-11(17)12(18)13(19)15(23-10)22-7-9(14(20)21)8-4-2-1-3-5-8/h1-5,9-13,15-19H,6-7H2,(H,20,21)/t9-,10+,11+,12-,13+,15+/m1/s1. The van der Waals surface area contributed by atoms with Gasteiger partial charge in [-0.1, -0.05) is 30.3 Å². The number of hydrogen-bond donors (Lipinski definition) is 5. The predicted octanol–water partition coefficient (Wildman–Crippen LogP) is -1.33. The summed E-state index contributed by atoms with van der Waals surface area (Å²) in [7, 11) is 0. The van der Waals surface area contributed by atoms with Crippen molar-refractivity contribution >= 4 is 5.97 Å². The first-order valence-corrected chi connectivity index (χ1v) is 7.15. The Morgan fingerprint density at radius 2 is 1.78 bits per heavy atom. The summed E-state index contributed by atoms with van der Waals surface area (Å²) in [6, 6.07) is 8.41. The fourth-order valence-corrected chi connectivity index (χ4v) is 2.39. The van der Waals surface area contributed by atoms with Gasteiger partial charge in [0.1, 0.15) is 30.3 Å². The molecule has 1 aliphatic heterocycles. The second kappa shape index (κ2) is 7.82. The largest absolute Gasteiger partial charge is 0.481 e. The van der Waals surface area contributed by atoms with Crippen molar-refractivity contribution in [3.05, 3.63) is 35.9 Å². The summed E-state index contributed by atoms with van der Waals surface area (Å²) >= 11 is 0. The number of hydrogen-bond acceptors (Lipinski definition) is 7. The van der Waals surface area contributed by atoms with E-state index in [1.165, 1.54) is 0 Å². The summed E-state index contributed by atoms with van der Waals surface area (Å²) in [5, 5.41) is 47.6. The zero-order chi connectivity index (χ0) is 17.0. The van der Waals surface area contributed by atoms with Crippen LogP contribution in [0.5, 0.6) is 0 Å². The molecule has 23 heavy (non-hydrogen) atoms. The Bertz CT molecular complexity index is 505. The maximum atomic E-state index is 11.4. The molecule has 128 valence electrons. The third kappa shape index (κ3) is 4.05.